The largest absolute Gasteiger partial charge is 0.495 e. The van der Waals surface area contributed by atoms with Gasteiger partial charge >= 0.3 is 0 Å². The Labute approximate surface area is 151 Å². The van der Waals surface area contributed by atoms with E-state index >= 15 is 0 Å². The van der Waals surface area contributed by atoms with Gasteiger partial charge in [0.2, 0.25) is 15.9 Å². The van der Waals surface area contributed by atoms with Gasteiger partial charge in [-0.25, -0.2) is 18.5 Å². The van der Waals surface area contributed by atoms with Gasteiger partial charge in [0.15, 0.2) is 5.13 Å². The standard InChI is InChI=1S/C16H21N3O4S2/c1-4-5-6-14(20)19-16-18-10(2)15(24-16)11-7-8-12(23-3)13(9-11)25(17,21)22/h7-9H,4-6H2,1-3H3,(H2,17,21,22)(H,18,19,20). The first-order chi connectivity index (χ1) is 11.8. The highest BCUT2D eigenvalue weighted by Gasteiger charge is 2.18. The molecule has 7 nitrogen and oxygen atoms in total. The average molecular weight is 383 g/mol. The number of amides is 1. The molecule has 0 spiro atoms. The Balaban J connectivity index is 2.35. The second-order valence-electron chi connectivity index (χ2n) is 5.50. The second-order valence-corrected chi connectivity index (χ2v) is 8.02. The molecule has 3 N–H and O–H groups in total. The van der Waals surface area contributed by atoms with Crippen molar-refractivity contribution in [2.75, 3.05) is 12.4 Å². The summed E-state index contributed by atoms with van der Waals surface area (Å²) >= 11 is 1.29. The molecular formula is C16H21N3O4S2. The molecule has 1 aromatic carbocycles. The lowest BCUT2D eigenvalue weighted by Crippen LogP contribution is -2.13. The number of primary sulfonamides is 1. The highest BCUT2D eigenvalue weighted by atomic mass is 32.2. The van der Waals surface area contributed by atoms with Crippen molar-refractivity contribution in [1.29, 1.82) is 0 Å². The van der Waals surface area contributed by atoms with Crippen LogP contribution in [0.1, 0.15) is 31.9 Å². The number of thiazole rings is 1. The van der Waals surface area contributed by atoms with Gasteiger partial charge in [-0.2, -0.15) is 0 Å². The first kappa shape index (κ1) is 19.4. The first-order valence-electron chi connectivity index (χ1n) is 7.74. The van der Waals surface area contributed by atoms with Crippen molar-refractivity contribution in [2.45, 2.75) is 38.0 Å². The summed E-state index contributed by atoms with van der Waals surface area (Å²) in [6, 6.07) is 4.74. The highest BCUT2D eigenvalue weighted by molar-refractivity contribution is 7.89. The molecule has 0 aliphatic rings. The molecule has 0 saturated carbocycles. The number of aromatic nitrogens is 1. The number of carbonyl (C=O) groups excluding carboxylic acids is 1. The number of rotatable bonds is 7. The molecule has 2 rings (SSSR count). The number of nitrogens with zero attached hydrogens (tertiary/aromatic N) is 1. The number of nitrogens with one attached hydrogen (secondary N) is 1. The van der Waals surface area contributed by atoms with Gasteiger partial charge in [0.1, 0.15) is 10.6 Å². The number of hydrogen-bond donors (Lipinski definition) is 2. The summed E-state index contributed by atoms with van der Waals surface area (Å²) in [4.78, 5) is 16.9. The maximum Gasteiger partial charge on any atom is 0.241 e. The van der Waals surface area contributed by atoms with Crippen LogP contribution in [0.25, 0.3) is 10.4 Å². The Bertz CT molecular complexity index is 876. The molecule has 0 aliphatic heterocycles. The third-order valence-electron chi connectivity index (χ3n) is 3.53. The lowest BCUT2D eigenvalue weighted by molar-refractivity contribution is -0.116. The fourth-order valence-electron chi connectivity index (χ4n) is 2.28. The van der Waals surface area contributed by atoms with Gasteiger partial charge in [0.05, 0.1) is 17.7 Å². The zero-order valence-corrected chi connectivity index (χ0v) is 16.0. The molecule has 1 heterocycles. The number of benzene rings is 1. The number of carbonyl (C=O) groups is 1. The van der Waals surface area contributed by atoms with Crippen molar-refractivity contribution in [3.05, 3.63) is 23.9 Å². The number of anilines is 1. The molecule has 0 bridgehead atoms. The lowest BCUT2D eigenvalue weighted by Gasteiger charge is -2.08. The summed E-state index contributed by atoms with van der Waals surface area (Å²) in [5.74, 6) is 0.101. The number of hydrogen-bond acceptors (Lipinski definition) is 6. The number of aryl methyl sites for hydroxylation is 1. The van der Waals surface area contributed by atoms with Crippen LogP contribution in [0.15, 0.2) is 23.1 Å². The van der Waals surface area contributed by atoms with Crippen LogP contribution in [0.3, 0.4) is 0 Å². The van der Waals surface area contributed by atoms with Crippen LogP contribution in [0, 0.1) is 6.92 Å². The molecule has 25 heavy (non-hydrogen) atoms. The van der Waals surface area contributed by atoms with Crippen molar-refractivity contribution in [2.24, 2.45) is 5.14 Å². The van der Waals surface area contributed by atoms with Crippen LogP contribution in [0.4, 0.5) is 5.13 Å². The zero-order valence-electron chi connectivity index (χ0n) is 14.3. The molecule has 0 aliphatic carbocycles. The van der Waals surface area contributed by atoms with Crippen LogP contribution >= 0.6 is 11.3 Å². The van der Waals surface area contributed by atoms with Crippen molar-refractivity contribution < 1.29 is 17.9 Å². The van der Waals surface area contributed by atoms with Gasteiger partial charge < -0.3 is 10.1 Å². The zero-order chi connectivity index (χ0) is 18.6. The van der Waals surface area contributed by atoms with Gasteiger partial charge in [0, 0.05) is 6.42 Å². The predicted octanol–water partition coefficient (Wildman–Crippen LogP) is 2.90. The van der Waals surface area contributed by atoms with Crippen molar-refractivity contribution in [1.82, 2.24) is 4.98 Å². The first-order valence-corrected chi connectivity index (χ1v) is 10.1. The molecular weight excluding hydrogens is 362 g/mol. The van der Waals surface area contributed by atoms with E-state index in [9.17, 15) is 13.2 Å². The molecule has 0 radical (unpaired) electrons. The van der Waals surface area contributed by atoms with E-state index in [-0.39, 0.29) is 16.6 Å². The molecule has 9 heteroatoms. The molecule has 0 saturated heterocycles. The highest BCUT2D eigenvalue weighted by Crippen LogP contribution is 2.36. The monoisotopic (exact) mass is 383 g/mol. The smallest absolute Gasteiger partial charge is 0.241 e. The Kier molecular flexibility index (Phi) is 6.15. The SMILES string of the molecule is CCCCC(=O)Nc1nc(C)c(-c2ccc(OC)c(S(N)(=O)=O)c2)s1. The van der Waals surface area contributed by atoms with Crippen molar-refractivity contribution >= 4 is 32.4 Å². The minimum Gasteiger partial charge on any atom is -0.495 e. The van der Waals surface area contributed by atoms with Crippen molar-refractivity contribution in [3.63, 3.8) is 0 Å². The van der Waals surface area contributed by atoms with E-state index in [1.165, 1.54) is 24.5 Å². The Morgan fingerprint density at radius 1 is 1.40 bits per heavy atom. The molecule has 1 aromatic heterocycles. The molecule has 0 unspecified atom stereocenters. The maximum atomic E-state index is 11.8. The molecule has 0 fully saturated rings. The number of nitrogens with two attached hydrogens (primary N) is 1. The van der Waals surface area contributed by atoms with Gasteiger partial charge in [0.25, 0.3) is 0 Å². The molecule has 1 amide bonds. The Morgan fingerprint density at radius 3 is 2.72 bits per heavy atom. The van der Waals surface area contributed by atoms with E-state index in [2.05, 4.69) is 10.3 Å². The summed E-state index contributed by atoms with van der Waals surface area (Å²) in [5, 5.41) is 8.52. The number of unbranched alkanes of at least 4 members (excludes halogenated alkanes) is 1. The molecule has 2 aromatic rings. The molecule has 136 valence electrons. The van der Waals surface area contributed by atoms with E-state index < -0.39 is 10.0 Å². The van der Waals surface area contributed by atoms with E-state index in [4.69, 9.17) is 9.88 Å². The predicted molar refractivity (Wildman–Crippen MR) is 98.4 cm³/mol. The minimum absolute atomic E-state index is 0.0814. The Morgan fingerprint density at radius 2 is 2.12 bits per heavy atom. The fourth-order valence-corrected chi connectivity index (χ4v) is 3.98. The third kappa shape index (κ3) is 4.77. The lowest BCUT2D eigenvalue weighted by atomic mass is 10.1. The quantitative estimate of drug-likeness (QED) is 0.763. The Hall–Kier alpha value is -1.97. The summed E-state index contributed by atoms with van der Waals surface area (Å²) in [7, 11) is -2.54. The van der Waals surface area contributed by atoms with Crippen LogP contribution < -0.4 is 15.2 Å². The third-order valence-corrected chi connectivity index (χ3v) is 5.59. The normalized spacial score (nSPS) is 11.4. The summed E-state index contributed by atoms with van der Waals surface area (Å²) in [5.41, 5.74) is 1.34. The van der Waals surface area contributed by atoms with E-state index in [1.54, 1.807) is 19.1 Å². The van der Waals surface area contributed by atoms with Gasteiger partial charge in [-0.1, -0.05) is 24.7 Å². The number of sulfonamides is 1. The van der Waals surface area contributed by atoms with Crippen LogP contribution in [0.2, 0.25) is 0 Å². The van der Waals surface area contributed by atoms with Crippen molar-refractivity contribution in [3.8, 4) is 16.2 Å². The topological polar surface area (TPSA) is 111 Å². The van der Waals surface area contributed by atoms with Crippen LogP contribution in [-0.4, -0.2) is 26.4 Å². The summed E-state index contributed by atoms with van der Waals surface area (Å²) in [6.07, 6.45) is 2.21. The van der Waals surface area contributed by atoms with E-state index in [1.807, 2.05) is 6.92 Å². The van der Waals surface area contributed by atoms with Crippen LogP contribution in [-0.2, 0) is 14.8 Å². The maximum absolute atomic E-state index is 11.8. The van der Waals surface area contributed by atoms with Gasteiger partial charge in [-0.3, -0.25) is 4.79 Å². The van der Waals surface area contributed by atoms with E-state index in [0.717, 1.165) is 17.7 Å². The average Bonchev–Trinajstić information content (AvgIpc) is 2.91. The van der Waals surface area contributed by atoms with Crippen LogP contribution in [0.5, 0.6) is 5.75 Å². The number of ether oxygens (including phenoxy) is 1. The molecule has 0 atom stereocenters. The second kappa shape index (κ2) is 7.94. The van der Waals surface area contributed by atoms with Gasteiger partial charge in [-0.15, -0.1) is 0 Å². The van der Waals surface area contributed by atoms with Gasteiger partial charge in [-0.05, 0) is 37.1 Å². The van der Waals surface area contributed by atoms with E-state index in [0.29, 0.717) is 22.8 Å². The minimum atomic E-state index is -3.92. The number of methoxy groups -OCH3 is 1. The fraction of sp³-hybridized carbons (Fsp3) is 0.375. The summed E-state index contributed by atoms with van der Waals surface area (Å²) in [6.45, 7) is 3.82. The summed E-state index contributed by atoms with van der Waals surface area (Å²) < 4.78 is 28.6.